The Hall–Kier alpha value is -5.28. The number of non-ortho nitro benzene ring substituents is 1. The third-order valence-corrected chi connectivity index (χ3v) is 7.39. The molecule has 0 spiro atoms. The van der Waals surface area contributed by atoms with Crippen molar-refractivity contribution in [2.45, 2.75) is 13.0 Å². The van der Waals surface area contributed by atoms with E-state index in [1.54, 1.807) is 24.3 Å². The first kappa shape index (κ1) is 24.7. The summed E-state index contributed by atoms with van der Waals surface area (Å²) in [4.78, 5) is 23.7. The van der Waals surface area contributed by atoms with Crippen molar-refractivity contribution in [2.75, 3.05) is 10.2 Å². The van der Waals surface area contributed by atoms with Crippen molar-refractivity contribution in [1.29, 1.82) is 0 Å². The lowest BCUT2D eigenvalue weighted by Crippen LogP contribution is -2.46. The fourth-order valence-electron chi connectivity index (χ4n) is 5.34. The third-order valence-electron chi connectivity index (χ3n) is 7.14. The summed E-state index contributed by atoms with van der Waals surface area (Å²) in [6.07, 6.45) is 0. The molecule has 2 aliphatic rings. The van der Waals surface area contributed by atoms with Gasteiger partial charge in [0, 0.05) is 28.4 Å². The molecule has 1 atom stereocenters. The van der Waals surface area contributed by atoms with Crippen LogP contribution in [-0.2, 0) is 0 Å². The number of nitrogens with zero attached hydrogens (tertiary/aromatic N) is 6. The number of aryl methyl sites for hydroxylation is 1. The highest BCUT2D eigenvalue weighted by molar-refractivity contribution is 6.51. The Morgan fingerprint density at radius 3 is 2.44 bits per heavy atom. The molecule has 0 amide bonds. The van der Waals surface area contributed by atoms with Gasteiger partial charge in [0.15, 0.2) is 17.5 Å². The summed E-state index contributed by atoms with van der Waals surface area (Å²) >= 11 is 6.14. The van der Waals surface area contributed by atoms with Crippen LogP contribution in [0.4, 0.5) is 28.6 Å². The highest BCUT2D eigenvalue weighted by Crippen LogP contribution is 2.48. The van der Waals surface area contributed by atoms with E-state index in [0.717, 1.165) is 39.6 Å². The number of nitrogens with one attached hydrogen (secondary N) is 1. The maximum Gasteiger partial charge on any atom is 0.269 e. The zero-order valence-electron chi connectivity index (χ0n) is 21.8. The molecular formula is C31H22ClN7O2. The Bertz CT molecular complexity index is 1880. The van der Waals surface area contributed by atoms with Gasteiger partial charge in [0.2, 0.25) is 0 Å². The van der Waals surface area contributed by atoms with Crippen LogP contribution in [0.15, 0.2) is 113 Å². The monoisotopic (exact) mass is 559 g/mol. The average Bonchev–Trinajstić information content (AvgIpc) is 3.33. The molecule has 1 N–H and O–H groups in total. The van der Waals surface area contributed by atoms with Gasteiger partial charge in [-0.3, -0.25) is 10.1 Å². The second kappa shape index (κ2) is 9.72. The number of hydrogen-bond acceptors (Lipinski definition) is 7. The van der Waals surface area contributed by atoms with E-state index in [1.165, 1.54) is 6.07 Å². The van der Waals surface area contributed by atoms with E-state index in [9.17, 15) is 10.1 Å². The lowest BCUT2D eigenvalue weighted by atomic mass is 9.93. The number of anilines is 2. The topological polar surface area (TPSA) is 101 Å². The molecule has 1 aromatic heterocycles. The van der Waals surface area contributed by atoms with Crippen molar-refractivity contribution in [3.63, 3.8) is 0 Å². The Labute approximate surface area is 240 Å². The molecule has 5 aromatic rings. The highest BCUT2D eigenvalue weighted by Gasteiger charge is 2.41. The van der Waals surface area contributed by atoms with Crippen LogP contribution < -0.4 is 10.2 Å². The smallest absolute Gasteiger partial charge is 0.269 e. The van der Waals surface area contributed by atoms with E-state index in [2.05, 4.69) is 10.2 Å². The molecule has 10 heteroatoms. The van der Waals surface area contributed by atoms with Gasteiger partial charge in [-0.05, 0) is 61.0 Å². The van der Waals surface area contributed by atoms with Crippen LogP contribution in [0.25, 0.3) is 5.69 Å². The predicted octanol–water partition coefficient (Wildman–Crippen LogP) is 7.54. The molecule has 41 heavy (non-hydrogen) atoms. The van der Waals surface area contributed by atoms with E-state index in [-0.39, 0.29) is 10.6 Å². The fourth-order valence-corrected chi connectivity index (χ4v) is 5.47. The van der Waals surface area contributed by atoms with Gasteiger partial charge in [-0.2, -0.15) is 5.10 Å². The number of nitro groups is 1. The van der Waals surface area contributed by atoms with E-state index in [0.29, 0.717) is 22.5 Å². The molecule has 2 aliphatic heterocycles. The molecule has 7 rings (SSSR count). The van der Waals surface area contributed by atoms with Crippen molar-refractivity contribution < 1.29 is 4.92 Å². The quantitative estimate of drug-likeness (QED) is 0.181. The molecule has 1 unspecified atom stereocenters. The van der Waals surface area contributed by atoms with Crippen molar-refractivity contribution in [1.82, 2.24) is 9.78 Å². The fraction of sp³-hybridized carbons (Fsp3) is 0.0645. The lowest BCUT2D eigenvalue weighted by Gasteiger charge is -2.40. The Kier molecular flexibility index (Phi) is 5.87. The number of aliphatic imine (C=N–C) groups is 2. The van der Waals surface area contributed by atoms with Crippen LogP contribution in [0.2, 0.25) is 5.02 Å². The summed E-state index contributed by atoms with van der Waals surface area (Å²) in [7, 11) is 0. The van der Waals surface area contributed by atoms with Crippen molar-refractivity contribution in [3.05, 3.63) is 135 Å². The normalized spacial score (nSPS) is 15.3. The van der Waals surface area contributed by atoms with E-state index in [4.69, 9.17) is 26.7 Å². The minimum absolute atomic E-state index is 0.0136. The maximum absolute atomic E-state index is 11.8. The van der Waals surface area contributed by atoms with Crippen LogP contribution >= 0.6 is 11.6 Å². The van der Waals surface area contributed by atoms with Crippen LogP contribution in [0, 0.1) is 17.0 Å². The molecule has 3 heterocycles. The van der Waals surface area contributed by atoms with Gasteiger partial charge in [0.1, 0.15) is 0 Å². The van der Waals surface area contributed by atoms with Crippen LogP contribution in [0.1, 0.15) is 22.9 Å². The number of nitro benzene ring substituents is 1. The number of aromatic nitrogens is 2. The first-order chi connectivity index (χ1) is 20.0. The van der Waals surface area contributed by atoms with Gasteiger partial charge in [-0.1, -0.05) is 54.1 Å². The zero-order valence-corrected chi connectivity index (χ0v) is 22.5. The molecule has 0 fully saturated rings. The number of hydrogen-bond donors (Lipinski definition) is 1. The molecule has 0 saturated carbocycles. The summed E-state index contributed by atoms with van der Waals surface area (Å²) in [5, 5.41) is 20.8. The maximum atomic E-state index is 11.8. The van der Waals surface area contributed by atoms with Crippen LogP contribution in [0.5, 0.6) is 0 Å². The Balaban J connectivity index is 1.50. The second-order valence-electron chi connectivity index (χ2n) is 9.71. The van der Waals surface area contributed by atoms with E-state index >= 15 is 0 Å². The van der Waals surface area contributed by atoms with E-state index < -0.39 is 6.04 Å². The molecule has 4 aromatic carbocycles. The first-order valence-electron chi connectivity index (χ1n) is 13.0. The molecule has 0 aliphatic carbocycles. The van der Waals surface area contributed by atoms with Gasteiger partial charge in [-0.15, -0.1) is 0 Å². The van der Waals surface area contributed by atoms with Gasteiger partial charge in [0.25, 0.3) is 5.69 Å². The number of para-hydroxylation sites is 3. The molecule has 0 radical (unpaired) electrons. The average molecular weight is 560 g/mol. The number of fused-ring (bicyclic) bond motifs is 4. The molecule has 0 saturated heterocycles. The number of rotatable bonds is 4. The first-order valence-corrected chi connectivity index (χ1v) is 13.3. The molecule has 0 bridgehead atoms. The summed E-state index contributed by atoms with van der Waals surface area (Å²) in [5.74, 6) is 1.74. The summed E-state index contributed by atoms with van der Waals surface area (Å²) in [6.45, 7) is 1.94. The van der Waals surface area contributed by atoms with Crippen LogP contribution in [-0.4, -0.2) is 26.4 Å². The molecule has 200 valence electrons. The molecule has 9 nitrogen and oxygen atoms in total. The largest absolute Gasteiger partial charge is 0.337 e. The summed E-state index contributed by atoms with van der Waals surface area (Å²) in [6, 6.07) is 31.2. The third kappa shape index (κ3) is 4.23. The minimum Gasteiger partial charge on any atom is -0.337 e. The molecular weight excluding hydrogens is 538 g/mol. The Morgan fingerprint density at radius 2 is 1.66 bits per heavy atom. The van der Waals surface area contributed by atoms with Gasteiger partial charge >= 0.3 is 0 Å². The highest BCUT2D eigenvalue weighted by atomic mass is 35.5. The Morgan fingerprint density at radius 1 is 0.902 bits per heavy atom. The summed E-state index contributed by atoms with van der Waals surface area (Å²) in [5.41, 5.74) is 5.62. The summed E-state index contributed by atoms with van der Waals surface area (Å²) < 4.78 is 1.82. The SMILES string of the molecule is Cc1nn(-c2ccccc2)c2c1C(c1cccc([N+](=O)[O-])c1)N1C(=N2)C(Nc2ccc(Cl)cc2)=Nc2ccccc21. The van der Waals surface area contributed by atoms with Gasteiger partial charge in [-0.25, -0.2) is 14.7 Å². The lowest BCUT2D eigenvalue weighted by molar-refractivity contribution is -0.384. The van der Waals surface area contributed by atoms with E-state index in [1.807, 2.05) is 84.4 Å². The number of benzene rings is 4. The van der Waals surface area contributed by atoms with Gasteiger partial charge in [0.05, 0.1) is 33.7 Å². The van der Waals surface area contributed by atoms with Crippen molar-refractivity contribution in [2.24, 2.45) is 9.98 Å². The predicted molar refractivity (Wildman–Crippen MR) is 161 cm³/mol. The van der Waals surface area contributed by atoms with Gasteiger partial charge < -0.3 is 10.2 Å². The second-order valence-corrected chi connectivity index (χ2v) is 10.1. The van der Waals surface area contributed by atoms with Crippen molar-refractivity contribution >= 4 is 51.8 Å². The van der Waals surface area contributed by atoms with Crippen LogP contribution in [0.3, 0.4) is 0 Å². The number of amidine groups is 2. The minimum atomic E-state index is -0.464. The van der Waals surface area contributed by atoms with Crippen molar-refractivity contribution in [3.8, 4) is 5.69 Å². The zero-order chi connectivity index (χ0) is 28.1. The standard InChI is InChI=1S/C31H22ClN7O2/c1-19-27-28(20-8-7-11-24(18-20)39(40)41)37-26-13-6-5-12-25(26)34-29(33-22-16-14-21(32)15-17-22)31(37)35-30(27)38(36-19)23-9-3-2-4-10-23/h2-18,28H,1H3,(H,33,34). The number of halogens is 1.